The number of nitriles is 1. The van der Waals surface area contributed by atoms with Crippen molar-refractivity contribution in [2.24, 2.45) is 0 Å². The molecule has 0 saturated carbocycles. The minimum atomic E-state index is -0.325. The Balaban J connectivity index is 2.29. The number of carbonyl (C=O) groups excluding carboxylic acids is 1. The van der Waals surface area contributed by atoms with E-state index in [4.69, 9.17) is 16.9 Å². The van der Waals surface area contributed by atoms with Gasteiger partial charge in [0.1, 0.15) is 11.6 Å². The number of nitrogens with zero attached hydrogens (tertiary/aromatic N) is 2. The minimum absolute atomic E-state index is 0.156. The van der Waals surface area contributed by atoms with E-state index in [0.29, 0.717) is 10.8 Å². The van der Waals surface area contributed by atoms with Crippen LogP contribution in [0.2, 0.25) is 5.15 Å². The predicted octanol–water partition coefficient (Wildman–Crippen LogP) is 2.74. The number of anilines is 1. The van der Waals surface area contributed by atoms with Crippen molar-refractivity contribution in [1.82, 2.24) is 4.98 Å². The Morgan fingerprint density at radius 2 is 2.24 bits per heavy atom. The van der Waals surface area contributed by atoms with Crippen molar-refractivity contribution in [1.29, 1.82) is 5.26 Å². The Morgan fingerprint density at radius 1 is 1.41 bits per heavy atom. The number of nitrogens with one attached hydrogen (secondary N) is 1. The molecule has 4 nitrogen and oxygen atoms in total. The molecule has 17 heavy (non-hydrogen) atoms. The van der Waals surface area contributed by atoms with Crippen LogP contribution in [0.15, 0.2) is 30.5 Å². The fourth-order valence-corrected chi connectivity index (χ4v) is 1.64. The Kier molecular flexibility index (Phi) is 3.22. The molecule has 1 amide bonds. The van der Waals surface area contributed by atoms with E-state index in [1.165, 1.54) is 0 Å². The molecule has 2 aromatic rings. The maximum Gasteiger partial charge on any atom is 0.238 e. The second-order valence-electron chi connectivity index (χ2n) is 3.45. The molecule has 84 valence electrons. The molecule has 2 rings (SSSR count). The Labute approximate surface area is 103 Å². The number of carbonyl (C=O) groups is 1. The van der Waals surface area contributed by atoms with E-state index >= 15 is 0 Å². The van der Waals surface area contributed by atoms with Crippen molar-refractivity contribution in [2.45, 2.75) is 6.42 Å². The molecule has 0 fully saturated rings. The van der Waals surface area contributed by atoms with Crippen LogP contribution in [0.25, 0.3) is 10.8 Å². The Hall–Kier alpha value is -2.12. The number of rotatable bonds is 2. The van der Waals surface area contributed by atoms with Gasteiger partial charge < -0.3 is 5.32 Å². The largest absolute Gasteiger partial charge is 0.325 e. The van der Waals surface area contributed by atoms with Gasteiger partial charge in [-0.25, -0.2) is 4.98 Å². The van der Waals surface area contributed by atoms with Crippen LogP contribution in [0.3, 0.4) is 0 Å². The summed E-state index contributed by atoms with van der Waals surface area (Å²) in [5.74, 6) is -0.325. The average molecular weight is 246 g/mol. The molecule has 5 heteroatoms. The van der Waals surface area contributed by atoms with E-state index < -0.39 is 0 Å². The smallest absolute Gasteiger partial charge is 0.238 e. The number of halogens is 1. The standard InChI is InChI=1S/C12H8ClN3O/c13-11-6-8-1-2-10(5-9(8)7-15-11)16-12(17)3-4-14/h1-2,5-7H,3H2,(H,16,17). The summed E-state index contributed by atoms with van der Waals surface area (Å²) < 4.78 is 0. The third kappa shape index (κ3) is 2.71. The van der Waals surface area contributed by atoms with Crippen molar-refractivity contribution in [3.8, 4) is 6.07 Å². The fraction of sp³-hybridized carbons (Fsp3) is 0.0833. The van der Waals surface area contributed by atoms with Gasteiger partial charge in [-0.2, -0.15) is 5.26 Å². The lowest BCUT2D eigenvalue weighted by Crippen LogP contribution is -2.09. The number of hydrogen-bond acceptors (Lipinski definition) is 3. The van der Waals surface area contributed by atoms with Gasteiger partial charge in [-0.15, -0.1) is 0 Å². The summed E-state index contributed by atoms with van der Waals surface area (Å²) in [4.78, 5) is 15.2. The minimum Gasteiger partial charge on any atom is -0.325 e. The lowest BCUT2D eigenvalue weighted by molar-refractivity contribution is -0.115. The van der Waals surface area contributed by atoms with Gasteiger partial charge in [0.15, 0.2) is 0 Å². The molecule has 0 atom stereocenters. The molecule has 1 aromatic carbocycles. The molecule has 0 aliphatic carbocycles. The highest BCUT2D eigenvalue weighted by molar-refractivity contribution is 6.30. The van der Waals surface area contributed by atoms with E-state index in [2.05, 4.69) is 10.3 Å². The highest BCUT2D eigenvalue weighted by Crippen LogP contribution is 2.20. The number of hydrogen-bond donors (Lipinski definition) is 1. The van der Waals surface area contributed by atoms with Gasteiger partial charge in [-0.1, -0.05) is 17.7 Å². The second-order valence-corrected chi connectivity index (χ2v) is 3.84. The van der Waals surface area contributed by atoms with Crippen molar-refractivity contribution in [3.05, 3.63) is 35.6 Å². The topological polar surface area (TPSA) is 65.8 Å². The van der Waals surface area contributed by atoms with Crippen LogP contribution in [-0.4, -0.2) is 10.9 Å². The number of pyridine rings is 1. The highest BCUT2D eigenvalue weighted by atomic mass is 35.5. The van der Waals surface area contributed by atoms with Crippen molar-refractivity contribution in [2.75, 3.05) is 5.32 Å². The van der Waals surface area contributed by atoms with Crippen LogP contribution in [0.4, 0.5) is 5.69 Å². The van der Waals surface area contributed by atoms with Crippen LogP contribution in [0, 0.1) is 11.3 Å². The van der Waals surface area contributed by atoms with E-state index in [-0.39, 0.29) is 12.3 Å². The third-order valence-corrected chi connectivity index (χ3v) is 2.42. The summed E-state index contributed by atoms with van der Waals surface area (Å²) in [5.41, 5.74) is 0.641. The molecular weight excluding hydrogens is 238 g/mol. The summed E-state index contributed by atoms with van der Waals surface area (Å²) in [6.07, 6.45) is 1.48. The maximum atomic E-state index is 11.2. The lowest BCUT2D eigenvalue weighted by Gasteiger charge is -2.04. The van der Waals surface area contributed by atoms with Crippen molar-refractivity contribution in [3.63, 3.8) is 0 Å². The van der Waals surface area contributed by atoms with E-state index in [1.54, 1.807) is 30.5 Å². The van der Waals surface area contributed by atoms with Crippen LogP contribution >= 0.6 is 11.6 Å². The van der Waals surface area contributed by atoms with Gasteiger partial charge >= 0.3 is 0 Å². The fourth-order valence-electron chi connectivity index (χ4n) is 1.47. The molecule has 0 radical (unpaired) electrons. The Bertz CT molecular complexity index is 619. The molecule has 0 unspecified atom stereocenters. The molecule has 1 heterocycles. The predicted molar refractivity (Wildman–Crippen MR) is 65.6 cm³/mol. The van der Waals surface area contributed by atoms with E-state index in [1.807, 2.05) is 6.07 Å². The summed E-state index contributed by atoms with van der Waals surface area (Å²) in [6.45, 7) is 0. The molecular formula is C12H8ClN3O. The second kappa shape index (κ2) is 4.81. The quantitative estimate of drug-likeness (QED) is 0.828. The molecule has 1 aromatic heterocycles. The van der Waals surface area contributed by atoms with Crippen LogP contribution in [0.1, 0.15) is 6.42 Å². The summed E-state index contributed by atoms with van der Waals surface area (Å²) in [5, 5.41) is 13.3. The van der Waals surface area contributed by atoms with Gasteiger partial charge in [-0.05, 0) is 23.6 Å². The first-order valence-corrected chi connectivity index (χ1v) is 5.29. The number of amides is 1. The van der Waals surface area contributed by atoms with Crippen molar-refractivity contribution >= 4 is 34.0 Å². The number of fused-ring (bicyclic) bond motifs is 1. The first-order chi connectivity index (χ1) is 8.19. The molecule has 0 aliphatic rings. The molecule has 0 bridgehead atoms. The zero-order valence-electron chi connectivity index (χ0n) is 8.77. The maximum absolute atomic E-state index is 11.2. The van der Waals surface area contributed by atoms with Crippen LogP contribution in [-0.2, 0) is 4.79 Å². The highest BCUT2D eigenvalue weighted by Gasteiger charge is 2.02. The van der Waals surface area contributed by atoms with Crippen LogP contribution in [0.5, 0.6) is 0 Å². The van der Waals surface area contributed by atoms with Gasteiger partial charge in [0.2, 0.25) is 5.91 Å². The van der Waals surface area contributed by atoms with Crippen molar-refractivity contribution < 1.29 is 4.79 Å². The zero-order chi connectivity index (χ0) is 12.3. The monoisotopic (exact) mass is 245 g/mol. The van der Waals surface area contributed by atoms with Crippen LogP contribution < -0.4 is 5.32 Å². The molecule has 0 aliphatic heterocycles. The summed E-state index contributed by atoms with van der Waals surface area (Å²) in [6, 6.07) is 8.92. The number of benzene rings is 1. The first kappa shape index (κ1) is 11.4. The van der Waals surface area contributed by atoms with E-state index in [9.17, 15) is 4.79 Å². The SMILES string of the molecule is N#CCC(=O)Nc1ccc2cc(Cl)ncc2c1. The van der Waals surface area contributed by atoms with Gasteiger partial charge in [-0.3, -0.25) is 4.79 Å². The first-order valence-electron chi connectivity index (χ1n) is 4.91. The van der Waals surface area contributed by atoms with E-state index in [0.717, 1.165) is 10.8 Å². The third-order valence-electron chi connectivity index (χ3n) is 2.21. The van der Waals surface area contributed by atoms with Gasteiger partial charge in [0.05, 0.1) is 6.07 Å². The molecule has 1 N–H and O–H groups in total. The molecule has 0 spiro atoms. The Morgan fingerprint density at radius 3 is 3.00 bits per heavy atom. The summed E-state index contributed by atoms with van der Waals surface area (Å²) >= 11 is 5.77. The van der Waals surface area contributed by atoms with Gasteiger partial charge in [0.25, 0.3) is 0 Å². The molecule has 0 saturated heterocycles. The normalized spacial score (nSPS) is 9.88. The van der Waals surface area contributed by atoms with Gasteiger partial charge in [0, 0.05) is 17.3 Å². The number of aromatic nitrogens is 1. The average Bonchev–Trinajstić information content (AvgIpc) is 2.29. The lowest BCUT2D eigenvalue weighted by atomic mass is 10.1. The summed E-state index contributed by atoms with van der Waals surface area (Å²) in [7, 11) is 0. The zero-order valence-corrected chi connectivity index (χ0v) is 9.53.